The van der Waals surface area contributed by atoms with E-state index in [1.807, 2.05) is 13.0 Å². The van der Waals surface area contributed by atoms with Crippen LogP contribution >= 0.6 is 0 Å². The lowest BCUT2D eigenvalue weighted by Gasteiger charge is -2.42. The number of carbonyl (C=O) groups is 1. The molecule has 0 spiro atoms. The molecule has 2 aliphatic heterocycles. The molecule has 6 nitrogen and oxygen atoms in total. The van der Waals surface area contributed by atoms with Crippen LogP contribution in [0.25, 0.3) is 0 Å². The number of nitrogens with zero attached hydrogens (tertiary/aromatic N) is 1. The Morgan fingerprint density at radius 3 is 2.80 bits per heavy atom. The molecule has 0 saturated carbocycles. The van der Waals surface area contributed by atoms with Crippen molar-refractivity contribution in [2.45, 2.75) is 97.2 Å². The Labute approximate surface area is 210 Å². The summed E-state index contributed by atoms with van der Waals surface area (Å²) >= 11 is 0. The summed E-state index contributed by atoms with van der Waals surface area (Å²) in [6.07, 6.45) is 12.5. The number of ether oxygens (including phenoxy) is 3. The highest BCUT2D eigenvalue weighted by Gasteiger charge is 2.51. The number of aliphatic imine (C=N–C) groups is 1. The van der Waals surface area contributed by atoms with Gasteiger partial charge in [0.25, 0.3) is 0 Å². The first kappa shape index (κ1) is 27.6. The largest absolute Gasteiger partial charge is 0.463 e. The molecule has 0 radical (unpaired) electrons. The number of fused-ring (bicyclic) bond motifs is 1. The Morgan fingerprint density at radius 1 is 1.34 bits per heavy atom. The van der Waals surface area contributed by atoms with Crippen molar-refractivity contribution in [3.8, 4) is 0 Å². The summed E-state index contributed by atoms with van der Waals surface area (Å²) in [7, 11) is 1.55. The molecule has 0 aromatic rings. The number of aliphatic hydroxyl groups is 1. The van der Waals surface area contributed by atoms with Gasteiger partial charge in [-0.25, -0.2) is 4.79 Å². The van der Waals surface area contributed by atoms with Crippen molar-refractivity contribution in [2.24, 2.45) is 16.8 Å². The third-order valence-corrected chi connectivity index (χ3v) is 7.72. The molecule has 0 bridgehead atoms. The van der Waals surface area contributed by atoms with Crippen molar-refractivity contribution in [2.75, 3.05) is 13.7 Å². The van der Waals surface area contributed by atoms with Crippen LogP contribution in [0, 0.1) is 11.8 Å². The molecule has 0 amide bonds. The van der Waals surface area contributed by atoms with E-state index < -0.39 is 24.1 Å². The molecular formula is C29H43NO5. The number of methoxy groups -OCH3 is 1. The first-order valence-electron chi connectivity index (χ1n) is 13.2. The Bertz CT molecular complexity index is 914. The lowest BCUT2D eigenvalue weighted by Crippen LogP contribution is -2.53. The summed E-state index contributed by atoms with van der Waals surface area (Å²) in [4.78, 5) is 17.7. The van der Waals surface area contributed by atoms with Gasteiger partial charge in [0.05, 0.1) is 12.3 Å². The van der Waals surface area contributed by atoms with Gasteiger partial charge in [0, 0.05) is 13.0 Å². The molecule has 1 fully saturated rings. The highest BCUT2D eigenvalue weighted by Crippen LogP contribution is 2.41. The van der Waals surface area contributed by atoms with Crippen LogP contribution in [0.3, 0.4) is 0 Å². The van der Waals surface area contributed by atoms with Gasteiger partial charge in [-0.2, -0.15) is 0 Å². The minimum absolute atomic E-state index is 0.0667. The van der Waals surface area contributed by atoms with E-state index in [0.29, 0.717) is 30.9 Å². The van der Waals surface area contributed by atoms with E-state index in [1.165, 1.54) is 24.8 Å². The van der Waals surface area contributed by atoms with Gasteiger partial charge < -0.3 is 19.3 Å². The number of hydrogen-bond acceptors (Lipinski definition) is 6. The summed E-state index contributed by atoms with van der Waals surface area (Å²) in [5.41, 5.74) is 3.30. The van der Waals surface area contributed by atoms with Gasteiger partial charge in [-0.1, -0.05) is 39.0 Å². The molecule has 2 heterocycles. The Balaban J connectivity index is 2.04. The number of allylic oxidation sites excluding steroid dienone is 6. The van der Waals surface area contributed by atoms with Crippen molar-refractivity contribution in [3.63, 3.8) is 0 Å². The standard InChI is InChI=1S/C29H43NO5/c1-7-22-12-10-9-11-13-23(22)16-19(3)20(4)26-17-25-24(14-15-27(31)30-26)18-34-28(32)29(25,8-2)35-21(5)33-6/h13,16-17,21-22,24,27,31H,4,7-12,14-15,18H2,1-3,5-6H3/b19-16-,25-17?,30-26?. The number of aliphatic hydroxyl groups excluding tert-OH is 1. The molecular weight excluding hydrogens is 442 g/mol. The first-order chi connectivity index (χ1) is 16.7. The quantitative estimate of drug-likeness (QED) is 0.266. The fourth-order valence-corrected chi connectivity index (χ4v) is 5.40. The van der Waals surface area contributed by atoms with Gasteiger partial charge in [0.15, 0.2) is 11.9 Å². The number of carbonyl (C=O) groups excluding carboxylic acids is 1. The average molecular weight is 486 g/mol. The van der Waals surface area contributed by atoms with Crippen molar-refractivity contribution < 1.29 is 24.1 Å². The second kappa shape index (κ2) is 12.3. The average Bonchev–Trinajstić information content (AvgIpc) is 3.07. The molecule has 35 heavy (non-hydrogen) atoms. The molecule has 0 aromatic carbocycles. The molecule has 0 aromatic heterocycles. The van der Waals surface area contributed by atoms with Crippen LogP contribution in [-0.2, 0) is 19.0 Å². The number of cyclic esters (lactones) is 1. The molecule has 1 aliphatic carbocycles. The normalized spacial score (nSPS) is 31.0. The molecule has 3 rings (SSSR count). The van der Waals surface area contributed by atoms with Crippen molar-refractivity contribution >= 4 is 11.7 Å². The summed E-state index contributed by atoms with van der Waals surface area (Å²) in [5, 5.41) is 10.6. The SMILES string of the molecule is C=C(C1=NC(O)CCC2COC(=O)C(CC)(OC(C)OC)C2=C1)/C(C)=C\C1=CCCCCC1CC. The van der Waals surface area contributed by atoms with Gasteiger partial charge in [-0.05, 0) is 93.1 Å². The van der Waals surface area contributed by atoms with Gasteiger partial charge in [-0.15, -0.1) is 0 Å². The van der Waals surface area contributed by atoms with Gasteiger partial charge >= 0.3 is 5.97 Å². The van der Waals surface area contributed by atoms with Crippen LogP contribution in [0.2, 0.25) is 0 Å². The lowest BCUT2D eigenvalue weighted by atomic mass is 9.76. The summed E-state index contributed by atoms with van der Waals surface area (Å²) in [6, 6.07) is 0. The molecule has 5 atom stereocenters. The van der Waals surface area contributed by atoms with Crippen LogP contribution in [0.5, 0.6) is 0 Å². The van der Waals surface area contributed by atoms with Crippen molar-refractivity contribution in [3.05, 3.63) is 47.1 Å². The van der Waals surface area contributed by atoms with E-state index in [-0.39, 0.29) is 12.5 Å². The van der Waals surface area contributed by atoms with Crippen LogP contribution < -0.4 is 0 Å². The van der Waals surface area contributed by atoms with Crippen LogP contribution in [0.4, 0.5) is 0 Å². The highest BCUT2D eigenvalue weighted by molar-refractivity contribution is 6.12. The maximum Gasteiger partial charge on any atom is 0.342 e. The Kier molecular flexibility index (Phi) is 9.68. The summed E-state index contributed by atoms with van der Waals surface area (Å²) in [6.45, 7) is 12.6. The van der Waals surface area contributed by atoms with Gasteiger partial charge in [0.1, 0.15) is 6.23 Å². The molecule has 6 heteroatoms. The first-order valence-corrected chi connectivity index (χ1v) is 13.2. The van der Waals surface area contributed by atoms with Crippen molar-refractivity contribution in [1.82, 2.24) is 0 Å². The molecule has 3 aliphatic rings. The number of hydrogen-bond donors (Lipinski definition) is 1. The Hall–Kier alpha value is -2.02. The number of esters is 1. The van der Waals surface area contributed by atoms with Crippen LogP contribution in [0.15, 0.2) is 52.1 Å². The van der Waals surface area contributed by atoms with E-state index in [0.717, 1.165) is 29.6 Å². The molecule has 1 saturated heterocycles. The predicted octanol–water partition coefficient (Wildman–Crippen LogP) is 5.83. The summed E-state index contributed by atoms with van der Waals surface area (Å²) in [5.74, 6) is 0.0831. The maximum absolute atomic E-state index is 13.1. The predicted molar refractivity (Wildman–Crippen MR) is 139 cm³/mol. The minimum Gasteiger partial charge on any atom is -0.463 e. The van der Waals surface area contributed by atoms with Crippen molar-refractivity contribution in [1.29, 1.82) is 0 Å². The lowest BCUT2D eigenvalue weighted by molar-refractivity contribution is -0.213. The fourth-order valence-electron chi connectivity index (χ4n) is 5.40. The topological polar surface area (TPSA) is 77.4 Å². The van der Waals surface area contributed by atoms with Crippen LogP contribution in [0.1, 0.15) is 79.1 Å². The zero-order chi connectivity index (χ0) is 25.6. The zero-order valence-electron chi connectivity index (χ0n) is 22.1. The monoisotopic (exact) mass is 485 g/mol. The van der Waals surface area contributed by atoms with Gasteiger partial charge in [-0.3, -0.25) is 4.99 Å². The van der Waals surface area contributed by atoms with Crippen LogP contribution in [-0.4, -0.2) is 48.6 Å². The molecule has 1 N–H and O–H groups in total. The van der Waals surface area contributed by atoms with E-state index in [9.17, 15) is 9.90 Å². The minimum atomic E-state index is -1.25. The third kappa shape index (κ3) is 6.22. The third-order valence-electron chi connectivity index (χ3n) is 7.72. The molecule has 194 valence electrons. The van der Waals surface area contributed by atoms with E-state index in [4.69, 9.17) is 14.2 Å². The Morgan fingerprint density at radius 2 is 2.11 bits per heavy atom. The van der Waals surface area contributed by atoms with E-state index in [2.05, 4.69) is 37.6 Å². The summed E-state index contributed by atoms with van der Waals surface area (Å²) < 4.78 is 17.1. The highest BCUT2D eigenvalue weighted by atomic mass is 16.7. The van der Waals surface area contributed by atoms with E-state index in [1.54, 1.807) is 14.0 Å². The zero-order valence-corrected chi connectivity index (χ0v) is 22.1. The second-order valence-electron chi connectivity index (χ2n) is 9.97. The van der Waals surface area contributed by atoms with E-state index >= 15 is 0 Å². The fraction of sp³-hybridized carbons (Fsp3) is 0.655. The van der Waals surface area contributed by atoms with Gasteiger partial charge in [0.2, 0.25) is 0 Å². The second-order valence-corrected chi connectivity index (χ2v) is 9.97. The number of rotatable bonds is 8. The smallest absolute Gasteiger partial charge is 0.342 e. The molecule has 5 unspecified atom stereocenters. The maximum atomic E-state index is 13.1.